The van der Waals surface area contributed by atoms with Crippen LogP contribution >= 0.6 is 12.4 Å². The van der Waals surface area contributed by atoms with Crippen molar-refractivity contribution in [3.05, 3.63) is 42.1 Å². The molecular weight excluding hydrogens is 251 g/mol. The molecule has 2 nitrogen and oxygen atoms in total. The van der Waals surface area contributed by atoms with Crippen molar-refractivity contribution in [3.8, 4) is 0 Å². The summed E-state index contributed by atoms with van der Waals surface area (Å²) in [5.74, 6) is 0. The minimum absolute atomic E-state index is 0. The number of para-hydroxylation sites is 1. The molecule has 0 aliphatic carbocycles. The van der Waals surface area contributed by atoms with Gasteiger partial charge in [0, 0.05) is 17.1 Å². The van der Waals surface area contributed by atoms with Gasteiger partial charge in [0.15, 0.2) is 0 Å². The highest BCUT2D eigenvalue weighted by molar-refractivity contribution is 5.85. The van der Waals surface area contributed by atoms with Gasteiger partial charge in [-0.2, -0.15) is 0 Å². The van der Waals surface area contributed by atoms with E-state index in [-0.39, 0.29) is 12.4 Å². The zero-order chi connectivity index (χ0) is 11.7. The van der Waals surface area contributed by atoms with Crippen LogP contribution in [0.1, 0.15) is 18.4 Å². The molecule has 0 amide bonds. The van der Waals surface area contributed by atoms with Crippen molar-refractivity contribution in [1.82, 2.24) is 10.3 Å². The molecule has 1 saturated heterocycles. The lowest BCUT2D eigenvalue weighted by molar-refractivity contribution is 0.117. The quantitative estimate of drug-likeness (QED) is 0.857. The molecule has 1 N–H and O–H groups in total. The number of piperidine rings is 1. The molecule has 0 atom stereocenters. The van der Waals surface area contributed by atoms with Gasteiger partial charge >= 0.3 is 0 Å². The molecule has 96 valence electrons. The summed E-state index contributed by atoms with van der Waals surface area (Å²) in [7, 11) is 0. The highest BCUT2D eigenvalue weighted by Gasteiger charge is 2.34. The lowest BCUT2D eigenvalue weighted by atomic mass is 9.85. The van der Waals surface area contributed by atoms with Crippen molar-refractivity contribution in [1.29, 1.82) is 0 Å². The van der Waals surface area contributed by atoms with Crippen LogP contribution in [0.4, 0.5) is 4.39 Å². The Hall–Kier alpha value is -1.19. The third-order valence-corrected chi connectivity index (χ3v) is 3.53. The highest BCUT2D eigenvalue weighted by Crippen LogP contribution is 2.38. The second-order valence-electron chi connectivity index (χ2n) is 4.59. The molecule has 0 saturated carbocycles. The summed E-state index contributed by atoms with van der Waals surface area (Å²) in [6, 6.07) is 9.60. The van der Waals surface area contributed by atoms with Crippen LogP contribution in [0.15, 0.2) is 36.5 Å². The summed E-state index contributed by atoms with van der Waals surface area (Å²) in [6.45, 7) is 1.49. The third-order valence-electron chi connectivity index (χ3n) is 3.53. The van der Waals surface area contributed by atoms with Crippen molar-refractivity contribution < 1.29 is 4.39 Å². The smallest absolute Gasteiger partial charge is 0.139 e. The molecule has 1 fully saturated rings. The van der Waals surface area contributed by atoms with E-state index in [2.05, 4.69) is 10.3 Å². The normalized spacial score (nSPS) is 18.3. The van der Waals surface area contributed by atoms with Crippen LogP contribution in [0, 0.1) is 0 Å². The van der Waals surface area contributed by atoms with Gasteiger partial charge in [-0.1, -0.05) is 18.2 Å². The molecule has 0 unspecified atom stereocenters. The van der Waals surface area contributed by atoms with Gasteiger partial charge in [-0.05, 0) is 38.1 Å². The molecule has 1 aliphatic heterocycles. The Morgan fingerprint density at radius 2 is 1.83 bits per heavy atom. The van der Waals surface area contributed by atoms with Gasteiger partial charge in [0.2, 0.25) is 0 Å². The Kier molecular flexibility index (Phi) is 3.83. The predicted molar refractivity (Wildman–Crippen MR) is 73.9 cm³/mol. The Bertz CT molecular complexity index is 533. The van der Waals surface area contributed by atoms with Crippen molar-refractivity contribution in [2.24, 2.45) is 0 Å². The minimum atomic E-state index is -1.20. The van der Waals surface area contributed by atoms with Gasteiger partial charge in [0.25, 0.3) is 0 Å². The Morgan fingerprint density at radius 1 is 1.11 bits per heavy atom. The van der Waals surface area contributed by atoms with Crippen molar-refractivity contribution in [3.63, 3.8) is 0 Å². The fraction of sp³-hybridized carbons (Fsp3) is 0.357. The first-order chi connectivity index (χ1) is 8.30. The van der Waals surface area contributed by atoms with E-state index in [1.54, 1.807) is 6.20 Å². The van der Waals surface area contributed by atoms with Crippen LogP contribution < -0.4 is 5.32 Å². The molecule has 2 aromatic rings. The first-order valence-electron chi connectivity index (χ1n) is 6.03. The summed E-state index contributed by atoms with van der Waals surface area (Å²) >= 11 is 0. The van der Waals surface area contributed by atoms with E-state index in [4.69, 9.17) is 0 Å². The Labute approximate surface area is 112 Å². The van der Waals surface area contributed by atoms with Crippen LogP contribution in [0.25, 0.3) is 10.9 Å². The first kappa shape index (κ1) is 13.2. The molecule has 0 bridgehead atoms. The fourth-order valence-electron chi connectivity index (χ4n) is 2.58. The molecule has 18 heavy (non-hydrogen) atoms. The number of rotatable bonds is 1. The number of hydrogen-bond acceptors (Lipinski definition) is 2. The van der Waals surface area contributed by atoms with Crippen molar-refractivity contribution in [2.75, 3.05) is 13.1 Å². The largest absolute Gasteiger partial charge is 0.316 e. The predicted octanol–water partition coefficient (Wildman–Crippen LogP) is 3.20. The maximum Gasteiger partial charge on any atom is 0.139 e. The van der Waals surface area contributed by atoms with Crippen LogP contribution in [-0.4, -0.2) is 18.1 Å². The van der Waals surface area contributed by atoms with Crippen LogP contribution in [-0.2, 0) is 5.67 Å². The van der Waals surface area contributed by atoms with E-state index in [9.17, 15) is 4.39 Å². The maximum absolute atomic E-state index is 15.0. The summed E-state index contributed by atoms with van der Waals surface area (Å²) in [5, 5.41) is 4.15. The van der Waals surface area contributed by atoms with Gasteiger partial charge in [-0.25, -0.2) is 4.39 Å². The van der Waals surface area contributed by atoms with E-state index in [1.807, 2.05) is 30.3 Å². The van der Waals surface area contributed by atoms with E-state index in [0.29, 0.717) is 12.8 Å². The number of pyridine rings is 1. The second kappa shape index (κ2) is 5.21. The summed E-state index contributed by atoms with van der Waals surface area (Å²) in [6.07, 6.45) is 2.79. The Balaban J connectivity index is 0.00000120. The van der Waals surface area contributed by atoms with E-state index in [0.717, 1.165) is 29.6 Å². The molecule has 1 aliphatic rings. The molecule has 0 spiro atoms. The van der Waals surface area contributed by atoms with Gasteiger partial charge in [-0.15, -0.1) is 12.4 Å². The number of halogens is 2. The lowest BCUT2D eigenvalue weighted by Crippen LogP contribution is -2.36. The van der Waals surface area contributed by atoms with E-state index < -0.39 is 5.67 Å². The number of nitrogens with one attached hydrogen (secondary N) is 1. The van der Waals surface area contributed by atoms with Crippen molar-refractivity contribution >= 4 is 23.3 Å². The molecule has 1 aromatic carbocycles. The van der Waals surface area contributed by atoms with Crippen LogP contribution in [0.2, 0.25) is 0 Å². The third kappa shape index (κ3) is 2.20. The van der Waals surface area contributed by atoms with E-state index in [1.165, 1.54) is 0 Å². The van der Waals surface area contributed by atoms with Crippen LogP contribution in [0.3, 0.4) is 0 Å². The monoisotopic (exact) mass is 266 g/mol. The zero-order valence-corrected chi connectivity index (χ0v) is 10.8. The van der Waals surface area contributed by atoms with Crippen molar-refractivity contribution in [2.45, 2.75) is 18.5 Å². The maximum atomic E-state index is 15.0. The average molecular weight is 267 g/mol. The molecule has 0 radical (unpaired) electrons. The SMILES string of the molecule is Cl.FC1(c2ccnc3ccccc23)CCNCC1. The number of aromatic nitrogens is 1. The number of nitrogens with zero attached hydrogens (tertiary/aromatic N) is 1. The molecule has 2 heterocycles. The topological polar surface area (TPSA) is 24.9 Å². The second-order valence-corrected chi connectivity index (χ2v) is 4.59. The Morgan fingerprint density at radius 3 is 2.61 bits per heavy atom. The number of alkyl halides is 1. The average Bonchev–Trinajstić information content (AvgIpc) is 2.39. The van der Waals surface area contributed by atoms with Gasteiger partial charge in [0.1, 0.15) is 5.67 Å². The van der Waals surface area contributed by atoms with E-state index >= 15 is 0 Å². The lowest BCUT2D eigenvalue weighted by Gasteiger charge is -2.31. The molecule has 1 aromatic heterocycles. The van der Waals surface area contributed by atoms with Gasteiger partial charge in [0.05, 0.1) is 5.52 Å². The fourth-order valence-corrected chi connectivity index (χ4v) is 2.58. The molecule has 4 heteroatoms. The molecule has 3 rings (SSSR count). The zero-order valence-electron chi connectivity index (χ0n) is 10.0. The number of benzene rings is 1. The van der Waals surface area contributed by atoms with Gasteiger partial charge < -0.3 is 5.32 Å². The minimum Gasteiger partial charge on any atom is -0.316 e. The summed E-state index contributed by atoms with van der Waals surface area (Å²) < 4.78 is 15.0. The number of hydrogen-bond donors (Lipinski definition) is 1. The number of fused-ring (bicyclic) bond motifs is 1. The van der Waals surface area contributed by atoms with Gasteiger partial charge in [-0.3, -0.25) is 4.98 Å². The molecular formula is C14H16ClFN2. The summed E-state index contributed by atoms with van der Waals surface area (Å²) in [4.78, 5) is 4.29. The first-order valence-corrected chi connectivity index (χ1v) is 6.03. The summed E-state index contributed by atoms with van der Waals surface area (Å²) in [5.41, 5.74) is 0.471. The highest BCUT2D eigenvalue weighted by atomic mass is 35.5. The van der Waals surface area contributed by atoms with Crippen LogP contribution in [0.5, 0.6) is 0 Å². The standard InChI is InChI=1S/C14H15FN2.ClH/c15-14(6-9-16-10-7-14)12-5-8-17-13-4-2-1-3-11(12)13;/h1-5,8,16H,6-7,9-10H2;1H.